The van der Waals surface area contributed by atoms with Gasteiger partial charge < -0.3 is 15.5 Å². The van der Waals surface area contributed by atoms with Gasteiger partial charge in [-0.2, -0.15) is 5.10 Å². The highest BCUT2D eigenvalue weighted by Crippen LogP contribution is 2.42. The Morgan fingerprint density at radius 2 is 2.09 bits per heavy atom. The van der Waals surface area contributed by atoms with Crippen molar-refractivity contribution in [2.45, 2.75) is 63.8 Å². The van der Waals surface area contributed by atoms with Crippen molar-refractivity contribution >= 4 is 52.2 Å². The van der Waals surface area contributed by atoms with Gasteiger partial charge >= 0.3 is 0 Å². The number of aromatic nitrogens is 3. The Hall–Kier alpha value is -1.72. The summed E-state index contributed by atoms with van der Waals surface area (Å²) in [5.41, 5.74) is 1.04. The molecule has 5 rings (SSSR count). The molecule has 12 heteroatoms. The van der Waals surface area contributed by atoms with Crippen molar-refractivity contribution in [2.75, 3.05) is 18.4 Å². The van der Waals surface area contributed by atoms with Gasteiger partial charge in [-0.3, -0.25) is 19.6 Å². The van der Waals surface area contributed by atoms with Crippen LogP contribution in [0.3, 0.4) is 0 Å². The lowest BCUT2D eigenvalue weighted by Gasteiger charge is -2.43. The molecule has 5 heterocycles. The van der Waals surface area contributed by atoms with Gasteiger partial charge in [-0.05, 0) is 40.2 Å². The van der Waals surface area contributed by atoms with Crippen LogP contribution in [0.15, 0.2) is 0 Å². The average molecular weight is 498 g/mol. The van der Waals surface area contributed by atoms with E-state index >= 15 is 0 Å². The second kappa shape index (κ2) is 7.95. The fourth-order valence-corrected chi connectivity index (χ4v) is 6.29. The number of halogens is 2. The Balaban J connectivity index is 1.37. The van der Waals surface area contributed by atoms with Crippen molar-refractivity contribution in [3.8, 4) is 0 Å². The van der Waals surface area contributed by atoms with Gasteiger partial charge in [0.1, 0.15) is 10.4 Å². The molecule has 32 heavy (non-hydrogen) atoms. The fraction of sp³-hybridized carbons (Fsp3) is 0.600. The van der Waals surface area contributed by atoms with Crippen molar-refractivity contribution in [1.29, 1.82) is 0 Å². The molecule has 0 aromatic carbocycles. The summed E-state index contributed by atoms with van der Waals surface area (Å²) in [6.07, 6.45) is 2.15. The lowest BCUT2D eigenvalue weighted by atomic mass is 9.96. The van der Waals surface area contributed by atoms with Crippen LogP contribution in [-0.4, -0.2) is 68.0 Å². The Morgan fingerprint density at radius 1 is 1.31 bits per heavy atom. The van der Waals surface area contributed by atoms with E-state index in [1.165, 1.54) is 0 Å². The van der Waals surface area contributed by atoms with Gasteiger partial charge in [0.15, 0.2) is 16.0 Å². The van der Waals surface area contributed by atoms with E-state index in [0.29, 0.717) is 12.4 Å². The molecule has 172 valence electrons. The topological polar surface area (TPSA) is 106 Å². The van der Waals surface area contributed by atoms with Crippen molar-refractivity contribution in [2.24, 2.45) is 0 Å². The summed E-state index contributed by atoms with van der Waals surface area (Å²) in [5.74, 6) is 0.0344. The quantitative estimate of drug-likeness (QED) is 0.601. The number of hydrogen-bond acceptors (Lipinski definition) is 7. The summed E-state index contributed by atoms with van der Waals surface area (Å²) in [4.78, 5) is 34.7. The summed E-state index contributed by atoms with van der Waals surface area (Å²) in [5, 5.41) is 13.9. The molecule has 2 aromatic heterocycles. The number of H-pyrrole nitrogens is 1. The zero-order chi connectivity index (χ0) is 22.8. The number of amides is 2. The summed E-state index contributed by atoms with van der Waals surface area (Å²) < 4.78 is 0.261. The minimum atomic E-state index is -0.581. The van der Waals surface area contributed by atoms with E-state index in [9.17, 15) is 9.59 Å². The van der Waals surface area contributed by atoms with Gasteiger partial charge in [0, 0.05) is 24.2 Å². The third-order valence-corrected chi connectivity index (χ3v) is 8.48. The Labute approximate surface area is 199 Å². The van der Waals surface area contributed by atoms with E-state index in [4.69, 9.17) is 23.2 Å². The Kier molecular flexibility index (Phi) is 5.49. The monoisotopic (exact) mass is 497 g/mol. The van der Waals surface area contributed by atoms with Crippen LogP contribution in [0.4, 0.5) is 5.82 Å². The van der Waals surface area contributed by atoms with Crippen LogP contribution in [0.2, 0.25) is 9.49 Å². The van der Waals surface area contributed by atoms with Crippen LogP contribution in [-0.2, 0) is 16.9 Å². The number of hydrogen-bond donors (Lipinski definition) is 3. The molecule has 3 aliphatic heterocycles. The molecule has 3 aliphatic rings. The van der Waals surface area contributed by atoms with Crippen molar-refractivity contribution in [1.82, 2.24) is 30.3 Å². The van der Waals surface area contributed by atoms with E-state index in [2.05, 4.69) is 37.6 Å². The third kappa shape index (κ3) is 3.52. The van der Waals surface area contributed by atoms with Crippen LogP contribution in [0, 0.1) is 0 Å². The van der Waals surface area contributed by atoms with Gasteiger partial charge in [0.25, 0.3) is 5.91 Å². The average Bonchev–Trinajstić information content (AvgIpc) is 3.48. The zero-order valence-corrected chi connectivity index (χ0v) is 20.4. The van der Waals surface area contributed by atoms with Gasteiger partial charge in [-0.15, -0.1) is 0 Å². The van der Waals surface area contributed by atoms with Crippen LogP contribution >= 0.6 is 34.5 Å². The Morgan fingerprint density at radius 3 is 2.81 bits per heavy atom. The maximum Gasteiger partial charge on any atom is 0.285 e. The number of thiazole rings is 1. The van der Waals surface area contributed by atoms with Crippen LogP contribution in [0.25, 0.3) is 0 Å². The molecule has 3 atom stereocenters. The molecular formula is C20H25Cl2N7O2S. The minimum Gasteiger partial charge on any atom is -0.326 e. The van der Waals surface area contributed by atoms with E-state index in [-0.39, 0.29) is 38.5 Å². The maximum absolute atomic E-state index is 13.7. The van der Waals surface area contributed by atoms with Crippen LogP contribution < -0.4 is 10.6 Å². The molecule has 0 bridgehead atoms. The van der Waals surface area contributed by atoms with E-state index < -0.39 is 11.4 Å². The van der Waals surface area contributed by atoms with E-state index in [1.54, 1.807) is 0 Å². The molecular weight excluding hydrogens is 473 g/mol. The highest BCUT2D eigenvalue weighted by molar-refractivity contribution is 7.18. The SMILES string of the molecule is C[C@H]1CN2CCC[C@H]2C(C(=O)N2Cc3c(NC(=O)c4nc(Cl)c(Cl)s4)n[nH]c3C2(C)C)N1. The molecule has 9 nitrogen and oxygen atoms in total. The predicted octanol–water partition coefficient (Wildman–Crippen LogP) is 2.83. The number of fused-ring (bicyclic) bond motifs is 2. The number of rotatable bonds is 3. The van der Waals surface area contributed by atoms with Crippen molar-refractivity contribution in [3.05, 3.63) is 25.8 Å². The van der Waals surface area contributed by atoms with E-state index in [0.717, 1.165) is 48.5 Å². The Bertz CT molecular complexity index is 1060. The molecule has 0 saturated carbocycles. The molecule has 0 radical (unpaired) electrons. The van der Waals surface area contributed by atoms with Gasteiger partial charge in [-0.25, -0.2) is 4.98 Å². The maximum atomic E-state index is 13.7. The normalized spacial score (nSPS) is 26.8. The molecule has 1 unspecified atom stereocenters. The largest absolute Gasteiger partial charge is 0.326 e. The number of carbonyl (C=O) groups excluding carboxylic acids is 2. The zero-order valence-electron chi connectivity index (χ0n) is 18.0. The van der Waals surface area contributed by atoms with Gasteiger partial charge in [0.2, 0.25) is 5.91 Å². The third-order valence-electron chi connectivity index (χ3n) is 6.75. The molecule has 3 N–H and O–H groups in total. The van der Waals surface area contributed by atoms with Crippen molar-refractivity contribution < 1.29 is 9.59 Å². The van der Waals surface area contributed by atoms with Gasteiger partial charge in [0.05, 0.1) is 17.8 Å². The number of nitrogens with one attached hydrogen (secondary N) is 3. The standard InChI is InChI=1S/C20H25Cl2N7O2S/c1-9-7-28-6-4-5-11(28)12(23-9)19(31)29-8-10-13(20(29,2)3)26-27-16(10)25-17(30)18-24-14(21)15(22)32-18/h9,11-12,23H,4-8H2,1-3H3,(H2,25,26,27,30)/t9-,11-,12?/m0/s1. The molecule has 0 spiro atoms. The van der Waals surface area contributed by atoms with Crippen LogP contribution in [0.5, 0.6) is 0 Å². The molecule has 2 aromatic rings. The first-order valence-electron chi connectivity index (χ1n) is 10.7. The molecule has 2 fully saturated rings. The van der Waals surface area contributed by atoms with Crippen molar-refractivity contribution in [3.63, 3.8) is 0 Å². The summed E-state index contributed by atoms with van der Waals surface area (Å²) >= 11 is 12.8. The fourth-order valence-electron chi connectivity index (χ4n) is 5.20. The highest BCUT2D eigenvalue weighted by Gasteiger charge is 2.49. The number of nitrogens with zero attached hydrogens (tertiary/aromatic N) is 4. The smallest absolute Gasteiger partial charge is 0.285 e. The first-order valence-corrected chi connectivity index (χ1v) is 12.3. The number of carbonyl (C=O) groups is 2. The number of anilines is 1. The second-order valence-corrected chi connectivity index (χ2v) is 11.2. The van der Waals surface area contributed by atoms with Gasteiger partial charge in [-0.1, -0.05) is 34.5 Å². The lowest BCUT2D eigenvalue weighted by molar-refractivity contribution is -0.142. The first kappa shape index (κ1) is 22.1. The summed E-state index contributed by atoms with van der Waals surface area (Å²) in [6, 6.07) is 0.246. The minimum absolute atomic E-state index is 0.0822. The second-order valence-electron chi connectivity index (χ2n) is 9.20. The van der Waals surface area contributed by atoms with E-state index in [1.807, 2.05) is 18.7 Å². The number of aromatic amines is 1. The number of piperazine rings is 1. The lowest BCUT2D eigenvalue weighted by Crippen LogP contribution is -2.65. The molecule has 2 amide bonds. The summed E-state index contributed by atoms with van der Waals surface area (Å²) in [7, 11) is 0. The molecule has 2 saturated heterocycles. The molecule has 0 aliphatic carbocycles. The highest BCUT2D eigenvalue weighted by atomic mass is 35.5. The first-order chi connectivity index (χ1) is 15.2. The van der Waals surface area contributed by atoms with Crippen LogP contribution in [0.1, 0.15) is 54.7 Å². The summed E-state index contributed by atoms with van der Waals surface area (Å²) in [6.45, 7) is 8.52. The predicted molar refractivity (Wildman–Crippen MR) is 123 cm³/mol.